The topological polar surface area (TPSA) is 146 Å². The number of hydrogen-bond donors (Lipinski definition) is 2. The van der Waals surface area contributed by atoms with Crippen molar-refractivity contribution in [2.24, 2.45) is 16.7 Å². The molecule has 10 heteroatoms. The molecule has 0 amide bonds. The van der Waals surface area contributed by atoms with Crippen LogP contribution in [0.4, 0.5) is 0 Å². The summed E-state index contributed by atoms with van der Waals surface area (Å²) in [5.41, 5.74) is -2.30. The summed E-state index contributed by atoms with van der Waals surface area (Å²) >= 11 is 0. The maximum absolute atomic E-state index is 13.7. The summed E-state index contributed by atoms with van der Waals surface area (Å²) in [5, 5.41) is 23.1. The summed E-state index contributed by atoms with van der Waals surface area (Å²) in [5.74, 6) is -3.21. The van der Waals surface area contributed by atoms with Crippen LogP contribution in [-0.4, -0.2) is 70.2 Å². The van der Waals surface area contributed by atoms with Crippen molar-refractivity contribution >= 4 is 23.9 Å². The Morgan fingerprint density at radius 2 is 1.51 bits per heavy atom. The second kappa shape index (κ2) is 11.5. The average molecular weight is 599 g/mol. The molecule has 3 aliphatic carbocycles. The molecule has 10 nitrogen and oxygen atoms in total. The Bertz CT molecular complexity index is 1340. The number of ether oxygens (including phenoxy) is 4. The number of fused-ring (bicyclic) bond motifs is 2. The Morgan fingerprint density at radius 1 is 0.930 bits per heavy atom. The quantitative estimate of drug-likeness (QED) is 0.281. The van der Waals surface area contributed by atoms with Crippen LogP contribution in [0.2, 0.25) is 0 Å². The van der Waals surface area contributed by atoms with Crippen molar-refractivity contribution < 1.29 is 48.3 Å². The lowest BCUT2D eigenvalue weighted by Crippen LogP contribution is -2.60. The Morgan fingerprint density at radius 3 is 2.05 bits per heavy atom. The van der Waals surface area contributed by atoms with E-state index < -0.39 is 76.7 Å². The van der Waals surface area contributed by atoms with Crippen molar-refractivity contribution in [2.45, 2.75) is 104 Å². The molecule has 0 heterocycles. The van der Waals surface area contributed by atoms with Crippen LogP contribution in [0.15, 0.2) is 53.6 Å². The number of rotatable bonds is 6. The highest BCUT2D eigenvalue weighted by molar-refractivity contribution is 5.89. The summed E-state index contributed by atoms with van der Waals surface area (Å²) in [7, 11) is 0. The van der Waals surface area contributed by atoms with Gasteiger partial charge in [0.25, 0.3) is 0 Å². The molecule has 1 aromatic carbocycles. The van der Waals surface area contributed by atoms with Crippen molar-refractivity contribution in [3.63, 3.8) is 0 Å². The number of aliphatic hydroxyl groups excluding tert-OH is 1. The van der Waals surface area contributed by atoms with Gasteiger partial charge < -0.3 is 29.2 Å². The van der Waals surface area contributed by atoms with Gasteiger partial charge in [-0.25, -0.2) is 4.79 Å². The van der Waals surface area contributed by atoms with E-state index in [1.807, 2.05) is 0 Å². The highest BCUT2D eigenvalue weighted by Gasteiger charge is 2.69. The van der Waals surface area contributed by atoms with Gasteiger partial charge in [-0.05, 0) is 62.0 Å². The zero-order valence-corrected chi connectivity index (χ0v) is 25.8. The maximum Gasteiger partial charge on any atom is 0.338 e. The molecule has 0 bridgehead atoms. The number of carbonyl (C=O) groups excluding carboxylic acids is 4. The first-order chi connectivity index (χ1) is 19.9. The third-order valence-corrected chi connectivity index (χ3v) is 9.76. The number of esters is 4. The van der Waals surface area contributed by atoms with Crippen LogP contribution in [0.1, 0.15) is 78.1 Å². The monoisotopic (exact) mass is 598 g/mol. The molecular weight excluding hydrogens is 556 g/mol. The molecule has 4 rings (SSSR count). The van der Waals surface area contributed by atoms with E-state index in [4.69, 9.17) is 18.9 Å². The molecule has 234 valence electrons. The second-order valence-electron chi connectivity index (χ2n) is 12.8. The Balaban J connectivity index is 2.07. The molecule has 3 aliphatic rings. The first kappa shape index (κ1) is 32.4. The third-order valence-electron chi connectivity index (χ3n) is 9.76. The lowest BCUT2D eigenvalue weighted by molar-refractivity contribution is -0.195. The number of carbonyl (C=O) groups is 4. The normalized spacial score (nSPS) is 33.9. The van der Waals surface area contributed by atoms with Crippen LogP contribution >= 0.6 is 0 Å². The van der Waals surface area contributed by atoms with E-state index in [0.717, 1.165) is 0 Å². The lowest BCUT2D eigenvalue weighted by atomic mass is 9.56. The van der Waals surface area contributed by atoms with E-state index in [1.165, 1.54) is 20.8 Å². The SMILES string of the molecule is C=C1C(O)CC(OC(C)=O)C2(C)C1CC1(C(C)(C)O)CC(OC(C)=O)C(C)=C1C(OC(=O)c1ccccc1)C2OC(C)=O. The van der Waals surface area contributed by atoms with Crippen LogP contribution in [0.25, 0.3) is 0 Å². The molecule has 2 saturated carbocycles. The van der Waals surface area contributed by atoms with Gasteiger partial charge in [0.15, 0.2) is 12.2 Å². The summed E-state index contributed by atoms with van der Waals surface area (Å²) in [6.07, 6.45) is -5.10. The average Bonchev–Trinajstić information content (AvgIpc) is 3.13. The van der Waals surface area contributed by atoms with Crippen LogP contribution in [0.3, 0.4) is 0 Å². The molecule has 0 radical (unpaired) electrons. The summed E-state index contributed by atoms with van der Waals surface area (Å²) in [6, 6.07) is 8.31. The summed E-state index contributed by atoms with van der Waals surface area (Å²) < 4.78 is 23.9. The summed E-state index contributed by atoms with van der Waals surface area (Å²) in [4.78, 5) is 51.1. The Labute approximate surface area is 252 Å². The fourth-order valence-electron chi connectivity index (χ4n) is 7.62. The first-order valence-corrected chi connectivity index (χ1v) is 14.5. The van der Waals surface area contributed by atoms with Gasteiger partial charge in [0.2, 0.25) is 0 Å². The van der Waals surface area contributed by atoms with E-state index in [1.54, 1.807) is 58.0 Å². The number of benzene rings is 1. The van der Waals surface area contributed by atoms with Gasteiger partial charge in [0.05, 0.1) is 22.7 Å². The predicted octanol–water partition coefficient (Wildman–Crippen LogP) is 3.83. The molecule has 2 N–H and O–H groups in total. The van der Waals surface area contributed by atoms with Gasteiger partial charge in [0, 0.05) is 39.0 Å². The zero-order valence-electron chi connectivity index (χ0n) is 25.8. The number of hydrogen-bond acceptors (Lipinski definition) is 10. The highest BCUT2D eigenvalue weighted by atomic mass is 16.6. The largest absolute Gasteiger partial charge is 0.462 e. The fourth-order valence-corrected chi connectivity index (χ4v) is 7.62. The van der Waals surface area contributed by atoms with E-state index in [0.29, 0.717) is 16.7 Å². The van der Waals surface area contributed by atoms with E-state index >= 15 is 0 Å². The van der Waals surface area contributed by atoms with Gasteiger partial charge in [0.1, 0.15) is 12.2 Å². The molecule has 43 heavy (non-hydrogen) atoms. The van der Waals surface area contributed by atoms with Crippen LogP contribution in [0, 0.1) is 16.7 Å². The van der Waals surface area contributed by atoms with Gasteiger partial charge in [-0.3, -0.25) is 14.4 Å². The molecule has 1 aromatic rings. The molecular formula is C33H42O10. The van der Waals surface area contributed by atoms with Crippen LogP contribution in [-0.2, 0) is 33.3 Å². The molecule has 2 fully saturated rings. The molecule has 8 atom stereocenters. The van der Waals surface area contributed by atoms with Crippen molar-refractivity contribution in [1.29, 1.82) is 0 Å². The molecule has 0 aromatic heterocycles. The molecule has 0 saturated heterocycles. The molecule has 8 unspecified atom stereocenters. The van der Waals surface area contributed by atoms with Crippen molar-refractivity contribution in [3.8, 4) is 0 Å². The van der Waals surface area contributed by atoms with Crippen LogP contribution in [0.5, 0.6) is 0 Å². The minimum atomic E-state index is -1.50. The van der Waals surface area contributed by atoms with Gasteiger partial charge >= 0.3 is 23.9 Å². The third kappa shape index (κ3) is 5.62. The van der Waals surface area contributed by atoms with E-state index in [2.05, 4.69) is 6.58 Å². The summed E-state index contributed by atoms with van der Waals surface area (Å²) in [6.45, 7) is 14.8. The van der Waals surface area contributed by atoms with Gasteiger partial charge in [-0.2, -0.15) is 0 Å². The fraction of sp³-hybridized carbons (Fsp3) is 0.576. The second-order valence-corrected chi connectivity index (χ2v) is 12.8. The Hall–Kier alpha value is -3.50. The van der Waals surface area contributed by atoms with E-state index in [-0.39, 0.29) is 24.8 Å². The molecule has 0 spiro atoms. The minimum Gasteiger partial charge on any atom is -0.462 e. The predicted molar refractivity (Wildman–Crippen MR) is 154 cm³/mol. The molecule has 0 aliphatic heterocycles. The van der Waals surface area contributed by atoms with Gasteiger partial charge in [-0.1, -0.05) is 31.7 Å². The highest BCUT2D eigenvalue weighted by Crippen LogP contribution is 2.65. The van der Waals surface area contributed by atoms with Crippen LogP contribution < -0.4 is 0 Å². The first-order valence-electron chi connectivity index (χ1n) is 14.5. The Kier molecular flexibility index (Phi) is 8.70. The van der Waals surface area contributed by atoms with Crippen molar-refractivity contribution in [3.05, 3.63) is 59.2 Å². The minimum absolute atomic E-state index is 0.0217. The van der Waals surface area contributed by atoms with Gasteiger partial charge in [-0.15, -0.1) is 0 Å². The van der Waals surface area contributed by atoms with E-state index in [9.17, 15) is 29.4 Å². The number of aliphatic hydroxyl groups is 2. The zero-order chi connectivity index (χ0) is 32.1. The van der Waals surface area contributed by atoms with Crippen molar-refractivity contribution in [2.75, 3.05) is 0 Å². The maximum atomic E-state index is 13.7. The standard InChI is InChI=1S/C33H42O10/c1-17-23-15-33(31(6,7)39)16-25(40-19(3)34)18(2)27(33)28(43-30(38)22-12-10-9-11-13-22)29(42-21(5)36)32(23,8)26(14-24(17)37)41-20(4)35/h9-13,23-26,28-29,37,39H,1,14-16H2,2-8H3. The lowest BCUT2D eigenvalue weighted by Gasteiger charge is -2.53. The van der Waals surface area contributed by atoms with Crippen molar-refractivity contribution in [1.82, 2.24) is 0 Å². The smallest absolute Gasteiger partial charge is 0.338 e.